The van der Waals surface area contributed by atoms with Gasteiger partial charge < -0.3 is 5.73 Å². The zero-order valence-corrected chi connectivity index (χ0v) is 11.1. The van der Waals surface area contributed by atoms with Gasteiger partial charge in [-0.3, -0.25) is 4.72 Å². The van der Waals surface area contributed by atoms with Gasteiger partial charge in [0.2, 0.25) is 0 Å². The Kier molecular flexibility index (Phi) is 4.13. The molecule has 0 aliphatic heterocycles. The maximum Gasteiger partial charge on any atom is 0.298 e. The van der Waals surface area contributed by atoms with Gasteiger partial charge in [-0.15, -0.1) is 0 Å². The quantitative estimate of drug-likeness (QED) is 0.729. The van der Waals surface area contributed by atoms with Crippen LogP contribution in [-0.4, -0.2) is 22.0 Å². The third-order valence-corrected chi connectivity index (χ3v) is 3.74. The van der Waals surface area contributed by atoms with Crippen molar-refractivity contribution in [2.24, 2.45) is 5.73 Å². The van der Waals surface area contributed by atoms with Gasteiger partial charge in [0, 0.05) is 24.7 Å². The molecule has 0 aliphatic carbocycles. The fourth-order valence-corrected chi connectivity index (χ4v) is 1.86. The number of benzene rings is 1. The van der Waals surface area contributed by atoms with Crippen LogP contribution in [0.1, 0.15) is 19.4 Å². The van der Waals surface area contributed by atoms with E-state index in [0.717, 1.165) is 5.56 Å². The minimum absolute atomic E-state index is 0.111. The maximum absolute atomic E-state index is 11.3. The highest BCUT2D eigenvalue weighted by Crippen LogP contribution is 2.23. The topological polar surface area (TPSA) is 84.2 Å². The van der Waals surface area contributed by atoms with Gasteiger partial charge in [0.25, 0.3) is 10.2 Å². The smallest absolute Gasteiger partial charge is 0.298 e. The minimum atomic E-state index is -3.45. The van der Waals surface area contributed by atoms with E-state index in [1.165, 1.54) is 7.05 Å². The van der Waals surface area contributed by atoms with Crippen LogP contribution >= 0.6 is 0 Å². The molecule has 0 radical (unpaired) electrons. The number of nitrogens with one attached hydrogen (secondary N) is 2. The molecule has 5 nitrogen and oxygen atoms in total. The second-order valence-electron chi connectivity index (χ2n) is 4.47. The van der Waals surface area contributed by atoms with E-state index in [0.29, 0.717) is 12.2 Å². The van der Waals surface area contributed by atoms with Gasteiger partial charge in [0.15, 0.2) is 0 Å². The Bertz CT molecular complexity index is 466. The lowest BCUT2D eigenvalue weighted by molar-refractivity contribution is 0.539. The summed E-state index contributed by atoms with van der Waals surface area (Å²) in [5.74, 6) is 0. The van der Waals surface area contributed by atoms with Crippen LogP contribution in [-0.2, 0) is 15.6 Å². The zero-order chi connectivity index (χ0) is 13.1. The molecule has 4 N–H and O–H groups in total. The first-order valence-electron chi connectivity index (χ1n) is 5.32. The lowest BCUT2D eigenvalue weighted by Crippen LogP contribution is -2.28. The Morgan fingerprint density at radius 3 is 2.18 bits per heavy atom. The molecule has 96 valence electrons. The van der Waals surface area contributed by atoms with Crippen LogP contribution in [0.15, 0.2) is 24.3 Å². The highest BCUT2D eigenvalue weighted by atomic mass is 32.2. The predicted octanol–water partition coefficient (Wildman–Crippen LogP) is 0.799. The molecule has 0 aliphatic rings. The van der Waals surface area contributed by atoms with Crippen LogP contribution in [0.25, 0.3) is 0 Å². The fourth-order valence-electron chi connectivity index (χ4n) is 1.31. The lowest BCUT2D eigenvalue weighted by atomic mass is 9.85. The van der Waals surface area contributed by atoms with E-state index >= 15 is 0 Å². The van der Waals surface area contributed by atoms with Crippen LogP contribution in [0.4, 0.5) is 5.69 Å². The molecule has 17 heavy (non-hydrogen) atoms. The van der Waals surface area contributed by atoms with Crippen LogP contribution in [0.5, 0.6) is 0 Å². The van der Waals surface area contributed by atoms with E-state index in [2.05, 4.69) is 9.44 Å². The molecule has 0 heterocycles. The Balaban J connectivity index is 2.90. The average molecular weight is 257 g/mol. The SMILES string of the molecule is CNS(=O)(=O)Nc1ccc(C(C)(C)CN)cc1. The molecule has 6 heteroatoms. The molecule has 0 amide bonds. The van der Waals surface area contributed by atoms with Crippen molar-refractivity contribution in [3.8, 4) is 0 Å². The molecule has 1 rings (SSSR count). The van der Waals surface area contributed by atoms with Crippen molar-refractivity contribution < 1.29 is 8.42 Å². The molecule has 0 fully saturated rings. The summed E-state index contributed by atoms with van der Waals surface area (Å²) in [6.07, 6.45) is 0. The largest absolute Gasteiger partial charge is 0.330 e. The van der Waals surface area contributed by atoms with Crippen molar-refractivity contribution in [1.29, 1.82) is 0 Å². The summed E-state index contributed by atoms with van der Waals surface area (Å²) in [5, 5.41) is 0. The van der Waals surface area contributed by atoms with E-state index < -0.39 is 10.2 Å². The summed E-state index contributed by atoms with van der Waals surface area (Å²) in [5.41, 5.74) is 7.17. The third-order valence-electron chi connectivity index (χ3n) is 2.70. The third kappa shape index (κ3) is 3.69. The van der Waals surface area contributed by atoms with Gasteiger partial charge in [0.1, 0.15) is 0 Å². The van der Waals surface area contributed by atoms with Crippen molar-refractivity contribution in [3.05, 3.63) is 29.8 Å². The molecule has 0 bridgehead atoms. The zero-order valence-electron chi connectivity index (χ0n) is 10.3. The summed E-state index contributed by atoms with van der Waals surface area (Å²) in [6.45, 7) is 4.62. The fraction of sp³-hybridized carbons (Fsp3) is 0.455. The normalized spacial score (nSPS) is 12.5. The summed E-state index contributed by atoms with van der Waals surface area (Å²) < 4.78 is 27.1. The molecule has 0 spiro atoms. The number of anilines is 1. The van der Waals surface area contributed by atoms with Crippen LogP contribution in [0, 0.1) is 0 Å². The molecule has 1 aromatic rings. The highest BCUT2D eigenvalue weighted by Gasteiger charge is 2.18. The van der Waals surface area contributed by atoms with Gasteiger partial charge in [-0.25, -0.2) is 4.72 Å². The van der Waals surface area contributed by atoms with E-state index in [-0.39, 0.29) is 5.41 Å². The van der Waals surface area contributed by atoms with Gasteiger partial charge in [-0.1, -0.05) is 26.0 Å². The van der Waals surface area contributed by atoms with Crippen molar-refractivity contribution >= 4 is 15.9 Å². The number of hydrogen-bond acceptors (Lipinski definition) is 3. The number of rotatable bonds is 5. The van der Waals surface area contributed by atoms with Crippen molar-refractivity contribution in [3.63, 3.8) is 0 Å². The monoisotopic (exact) mass is 257 g/mol. The van der Waals surface area contributed by atoms with Gasteiger partial charge >= 0.3 is 0 Å². The van der Waals surface area contributed by atoms with Gasteiger partial charge in [0.05, 0.1) is 0 Å². The van der Waals surface area contributed by atoms with E-state index in [1.807, 2.05) is 26.0 Å². The summed E-state index contributed by atoms with van der Waals surface area (Å²) in [6, 6.07) is 7.20. The van der Waals surface area contributed by atoms with Crippen LogP contribution in [0.2, 0.25) is 0 Å². The molecule has 0 saturated carbocycles. The lowest BCUT2D eigenvalue weighted by Gasteiger charge is -2.23. The predicted molar refractivity (Wildman–Crippen MR) is 70.1 cm³/mol. The molecule has 0 unspecified atom stereocenters. The van der Waals surface area contributed by atoms with E-state index in [4.69, 9.17) is 5.73 Å². The second-order valence-corrected chi connectivity index (χ2v) is 6.09. The Hall–Kier alpha value is -1.11. The molecule has 0 aromatic heterocycles. The second kappa shape index (κ2) is 5.03. The Labute approximate surface area is 103 Å². The molecular weight excluding hydrogens is 238 g/mol. The molecule has 0 atom stereocenters. The number of hydrogen-bond donors (Lipinski definition) is 3. The van der Waals surface area contributed by atoms with Crippen molar-refractivity contribution in [2.45, 2.75) is 19.3 Å². The molecular formula is C11H19N3O2S. The van der Waals surface area contributed by atoms with Gasteiger partial charge in [-0.05, 0) is 17.7 Å². The summed E-state index contributed by atoms with van der Waals surface area (Å²) in [4.78, 5) is 0. The van der Waals surface area contributed by atoms with Crippen LogP contribution in [0.3, 0.4) is 0 Å². The average Bonchev–Trinajstić information content (AvgIpc) is 2.29. The highest BCUT2D eigenvalue weighted by molar-refractivity contribution is 7.90. The molecule has 1 aromatic carbocycles. The minimum Gasteiger partial charge on any atom is -0.330 e. The standard InChI is InChI=1S/C11H19N3O2S/c1-11(2,8-12)9-4-6-10(7-5-9)14-17(15,16)13-3/h4-7,13-14H,8,12H2,1-3H3. The van der Waals surface area contributed by atoms with Crippen molar-refractivity contribution in [2.75, 3.05) is 18.3 Å². The summed E-state index contributed by atoms with van der Waals surface area (Å²) in [7, 11) is -2.10. The first-order valence-corrected chi connectivity index (χ1v) is 6.81. The van der Waals surface area contributed by atoms with E-state index in [9.17, 15) is 8.42 Å². The van der Waals surface area contributed by atoms with Crippen molar-refractivity contribution in [1.82, 2.24) is 4.72 Å². The summed E-state index contributed by atoms with van der Waals surface area (Å²) >= 11 is 0. The Morgan fingerprint density at radius 1 is 1.24 bits per heavy atom. The van der Waals surface area contributed by atoms with E-state index in [1.54, 1.807) is 12.1 Å². The number of nitrogens with two attached hydrogens (primary N) is 1. The van der Waals surface area contributed by atoms with Gasteiger partial charge in [-0.2, -0.15) is 8.42 Å². The van der Waals surface area contributed by atoms with Crippen LogP contribution < -0.4 is 15.2 Å². The maximum atomic E-state index is 11.3. The Morgan fingerprint density at radius 2 is 1.76 bits per heavy atom. The first kappa shape index (κ1) is 14.0. The molecule has 0 saturated heterocycles. The first-order chi connectivity index (χ1) is 7.80.